The first-order chi connectivity index (χ1) is 12.8. The van der Waals surface area contributed by atoms with Crippen LogP contribution in [0, 0.1) is 20.8 Å². The minimum Gasteiger partial charge on any atom is -0.380 e. The summed E-state index contributed by atoms with van der Waals surface area (Å²) in [6.45, 7) is 8.62. The molecule has 10 heteroatoms. The van der Waals surface area contributed by atoms with Gasteiger partial charge in [0.05, 0.1) is 6.61 Å². The highest BCUT2D eigenvalue weighted by atomic mass is 19.4. The number of methoxy groups -OCH3 is 1. The molecule has 0 aliphatic rings. The van der Waals surface area contributed by atoms with E-state index in [0.29, 0.717) is 17.0 Å². The third-order valence-corrected chi connectivity index (χ3v) is 2.87. The van der Waals surface area contributed by atoms with Crippen LogP contribution < -0.4 is 0 Å². The predicted octanol–water partition coefficient (Wildman–Crippen LogP) is 5.69. The number of aromatic nitrogens is 3. The van der Waals surface area contributed by atoms with Crippen molar-refractivity contribution in [3.05, 3.63) is 52.4 Å². The molecule has 0 aromatic carbocycles. The highest BCUT2D eigenvalue weighted by molar-refractivity contribution is 5.22. The number of rotatable bonds is 2. The van der Waals surface area contributed by atoms with Crippen LogP contribution in [0.4, 0.5) is 26.3 Å². The molecule has 2 aromatic heterocycles. The summed E-state index contributed by atoms with van der Waals surface area (Å²) in [5.41, 5.74) is -0.605. The van der Waals surface area contributed by atoms with Crippen molar-refractivity contribution in [1.29, 1.82) is 0 Å². The largest absolute Gasteiger partial charge is 0.433 e. The molecule has 0 aliphatic heterocycles. The molecule has 2 heterocycles. The number of nitrogens with zero attached hydrogens (tertiary/aromatic N) is 3. The van der Waals surface area contributed by atoms with Gasteiger partial charge in [-0.25, -0.2) is 15.0 Å². The molecule has 2 rings (SSSR count). The average Bonchev–Trinajstić information content (AvgIpc) is 2.54. The van der Waals surface area contributed by atoms with Crippen LogP contribution in [0.3, 0.4) is 0 Å². The van der Waals surface area contributed by atoms with Crippen LogP contribution in [0.5, 0.6) is 0 Å². The van der Waals surface area contributed by atoms with Crippen LogP contribution in [0.1, 0.15) is 48.0 Å². The van der Waals surface area contributed by atoms with Crippen molar-refractivity contribution < 1.29 is 31.1 Å². The Hall–Kier alpha value is -2.23. The fourth-order valence-corrected chi connectivity index (χ4v) is 2.00. The Morgan fingerprint density at radius 3 is 1.64 bits per heavy atom. The lowest BCUT2D eigenvalue weighted by Crippen LogP contribution is -2.10. The molecule has 2 aromatic rings. The standard InChI is InChI=1S/C9H10F3NO.C7H7F3N2.C2H6/c1-6-3-7(5-14-2)4-8(13-6)9(10,11)12;1-4-3-6(7(8,9)10)12-5(2)11-4;1-2/h3-4H,5H2,1-2H3;3H,1-2H3;1-2H3. The smallest absolute Gasteiger partial charge is 0.380 e. The lowest BCUT2D eigenvalue weighted by Gasteiger charge is -2.08. The van der Waals surface area contributed by atoms with Gasteiger partial charge in [-0.1, -0.05) is 13.8 Å². The van der Waals surface area contributed by atoms with Gasteiger partial charge in [0, 0.05) is 18.5 Å². The maximum absolute atomic E-state index is 12.3. The summed E-state index contributed by atoms with van der Waals surface area (Å²) in [4.78, 5) is 10.4. The van der Waals surface area contributed by atoms with Gasteiger partial charge in [0.2, 0.25) is 0 Å². The molecule has 0 amide bonds. The molecule has 0 aliphatic carbocycles. The van der Waals surface area contributed by atoms with Crippen molar-refractivity contribution in [2.24, 2.45) is 0 Å². The zero-order valence-electron chi connectivity index (χ0n) is 16.5. The van der Waals surface area contributed by atoms with Crippen LogP contribution in [-0.2, 0) is 23.7 Å². The van der Waals surface area contributed by atoms with Crippen molar-refractivity contribution in [2.45, 2.75) is 53.6 Å². The van der Waals surface area contributed by atoms with Crippen LogP contribution in [0.15, 0.2) is 18.2 Å². The maximum atomic E-state index is 12.3. The number of halogens is 6. The molecule has 0 fully saturated rings. The molecule has 28 heavy (non-hydrogen) atoms. The molecule has 0 radical (unpaired) electrons. The Morgan fingerprint density at radius 1 is 0.750 bits per heavy atom. The average molecular weight is 411 g/mol. The van der Waals surface area contributed by atoms with E-state index >= 15 is 0 Å². The Morgan fingerprint density at radius 2 is 1.21 bits per heavy atom. The molecule has 0 saturated carbocycles. The van der Waals surface area contributed by atoms with E-state index in [4.69, 9.17) is 4.74 Å². The predicted molar refractivity (Wildman–Crippen MR) is 92.5 cm³/mol. The topological polar surface area (TPSA) is 47.9 Å². The fourth-order valence-electron chi connectivity index (χ4n) is 2.00. The summed E-state index contributed by atoms with van der Waals surface area (Å²) in [6.07, 6.45) is -8.77. The minimum atomic E-state index is -4.39. The summed E-state index contributed by atoms with van der Waals surface area (Å²) in [7, 11) is 1.43. The van der Waals surface area contributed by atoms with Gasteiger partial charge in [-0.2, -0.15) is 26.3 Å². The van der Waals surface area contributed by atoms with Gasteiger partial charge in [0.15, 0.2) is 0 Å². The van der Waals surface area contributed by atoms with E-state index in [1.54, 1.807) is 6.07 Å². The van der Waals surface area contributed by atoms with Crippen molar-refractivity contribution in [3.63, 3.8) is 0 Å². The van der Waals surface area contributed by atoms with Crippen LogP contribution in [0.25, 0.3) is 0 Å². The number of pyridine rings is 1. The minimum absolute atomic E-state index is 0.141. The highest BCUT2D eigenvalue weighted by Crippen LogP contribution is 2.29. The molecule has 0 N–H and O–H groups in total. The van der Waals surface area contributed by atoms with E-state index in [2.05, 4.69) is 15.0 Å². The molecule has 158 valence electrons. The summed E-state index contributed by atoms with van der Waals surface area (Å²) >= 11 is 0. The summed E-state index contributed by atoms with van der Waals surface area (Å²) in [5.74, 6) is 0.141. The highest BCUT2D eigenvalue weighted by Gasteiger charge is 2.33. The number of hydrogen-bond acceptors (Lipinski definition) is 4. The lowest BCUT2D eigenvalue weighted by atomic mass is 10.2. The van der Waals surface area contributed by atoms with Crippen molar-refractivity contribution in [3.8, 4) is 0 Å². The van der Waals surface area contributed by atoms with E-state index in [0.717, 1.165) is 12.1 Å². The van der Waals surface area contributed by atoms with Gasteiger partial charge in [-0.3, -0.25) is 0 Å². The van der Waals surface area contributed by atoms with Crippen LogP contribution in [0.2, 0.25) is 0 Å². The fraction of sp³-hybridized carbons (Fsp3) is 0.500. The van der Waals surface area contributed by atoms with Gasteiger partial charge in [-0.05, 0) is 44.5 Å². The van der Waals surface area contributed by atoms with E-state index in [9.17, 15) is 26.3 Å². The number of alkyl halides is 6. The monoisotopic (exact) mass is 411 g/mol. The summed E-state index contributed by atoms with van der Waals surface area (Å²) in [6, 6.07) is 3.49. The zero-order chi connectivity index (χ0) is 22.1. The molecule has 0 spiro atoms. The van der Waals surface area contributed by atoms with E-state index in [1.807, 2.05) is 13.8 Å². The van der Waals surface area contributed by atoms with Gasteiger partial charge < -0.3 is 4.74 Å². The second kappa shape index (κ2) is 10.9. The van der Waals surface area contributed by atoms with E-state index < -0.39 is 23.7 Å². The normalized spacial score (nSPS) is 11.1. The van der Waals surface area contributed by atoms with Crippen molar-refractivity contribution >= 4 is 0 Å². The number of hydrogen-bond donors (Lipinski definition) is 0. The maximum Gasteiger partial charge on any atom is 0.433 e. The molecular weight excluding hydrogens is 388 g/mol. The SMILES string of the molecule is CC.COCc1cc(C)nc(C(F)(F)F)c1.Cc1cc(C(F)(F)F)nc(C)n1. The van der Waals surface area contributed by atoms with Gasteiger partial charge in [0.1, 0.15) is 17.2 Å². The Labute approximate surface area is 160 Å². The first kappa shape index (κ1) is 25.8. The second-order valence-electron chi connectivity index (χ2n) is 5.37. The van der Waals surface area contributed by atoms with Gasteiger partial charge in [-0.15, -0.1) is 0 Å². The molecule has 0 saturated heterocycles. The third kappa shape index (κ3) is 9.12. The van der Waals surface area contributed by atoms with E-state index in [1.165, 1.54) is 27.9 Å². The second-order valence-corrected chi connectivity index (χ2v) is 5.37. The summed E-state index contributed by atoms with van der Waals surface area (Å²) in [5, 5.41) is 0. The van der Waals surface area contributed by atoms with Crippen LogP contribution in [-0.4, -0.2) is 22.1 Å². The van der Waals surface area contributed by atoms with Gasteiger partial charge in [0.25, 0.3) is 0 Å². The van der Waals surface area contributed by atoms with E-state index in [-0.39, 0.29) is 12.4 Å². The molecule has 0 bridgehead atoms. The number of aryl methyl sites for hydroxylation is 3. The first-order valence-electron chi connectivity index (χ1n) is 8.26. The summed E-state index contributed by atoms with van der Waals surface area (Å²) < 4.78 is 77.8. The van der Waals surface area contributed by atoms with Crippen LogP contribution >= 0.6 is 0 Å². The Balaban J connectivity index is 0.000000483. The van der Waals surface area contributed by atoms with Crippen molar-refractivity contribution in [1.82, 2.24) is 15.0 Å². The van der Waals surface area contributed by atoms with Crippen molar-refractivity contribution in [2.75, 3.05) is 7.11 Å². The van der Waals surface area contributed by atoms with Gasteiger partial charge >= 0.3 is 12.4 Å². The third-order valence-electron chi connectivity index (χ3n) is 2.87. The Bertz CT molecular complexity index is 725. The Kier molecular flexibility index (Phi) is 10.1. The molecule has 0 unspecified atom stereocenters. The molecule has 0 atom stereocenters. The quantitative estimate of drug-likeness (QED) is 0.596. The molecule has 4 nitrogen and oxygen atoms in total. The lowest BCUT2D eigenvalue weighted by molar-refractivity contribution is -0.142. The number of ether oxygens (including phenoxy) is 1. The zero-order valence-corrected chi connectivity index (χ0v) is 16.5. The first-order valence-corrected chi connectivity index (χ1v) is 8.26. The molecular formula is C18H23F6N3O.